The molecule has 4 aromatic heterocycles. The highest BCUT2D eigenvalue weighted by Crippen LogP contribution is 2.37. The van der Waals surface area contributed by atoms with Gasteiger partial charge in [-0.1, -0.05) is 128 Å². The molecule has 0 N–H and O–H groups in total. The largest absolute Gasteiger partial charge is 0.361 e. The smallest absolute Gasteiger partial charge is 0.271 e. The Bertz CT molecular complexity index is 2570. The van der Waals surface area contributed by atoms with Crippen LogP contribution in [0.15, 0.2) is 139 Å². The van der Waals surface area contributed by atoms with Crippen LogP contribution in [0.1, 0.15) is 63.0 Å². The number of carbonyl (C=O) groups is 1. The summed E-state index contributed by atoms with van der Waals surface area (Å²) in [5.74, 6) is 0.443. The molecule has 4 heterocycles. The van der Waals surface area contributed by atoms with Crippen molar-refractivity contribution in [1.82, 2.24) is 24.4 Å². The fraction of sp³-hybridized carbons (Fsp3) is 0.245. The maximum Gasteiger partial charge on any atom is 0.271 e. The highest BCUT2D eigenvalue weighted by molar-refractivity contribution is 6.76. The molecule has 0 fully saturated rings. The Morgan fingerprint density at radius 1 is 0.898 bits per heavy atom. The van der Waals surface area contributed by atoms with Gasteiger partial charge in [-0.25, -0.2) is 9.98 Å². The van der Waals surface area contributed by atoms with Crippen LogP contribution in [0.25, 0.3) is 22.2 Å². The first-order valence-corrected chi connectivity index (χ1v) is 24.4. The minimum absolute atomic E-state index is 0.151. The van der Waals surface area contributed by atoms with Crippen LogP contribution in [0.5, 0.6) is 0 Å². The fourth-order valence-corrected chi connectivity index (χ4v) is 8.78. The molecular formula is C49H49ClN6O2Si. The van der Waals surface area contributed by atoms with Gasteiger partial charge in [0.05, 0.1) is 45.7 Å². The van der Waals surface area contributed by atoms with E-state index < -0.39 is 8.07 Å². The zero-order valence-electron chi connectivity index (χ0n) is 34.1. The standard InChI is InChI=1S/C49H49ClN6O2Si/c1-34-28-44-42(53-48(34)54-46(36-18-10-6-11-19-36)37-20-12-7-13-21-37)30-45(56(44)33-58-26-27-59(2,3)4)49(57)55(43-24-14-22-38-23-15-25-51-47(38)43)32-39-29-41(50)40(31-52-39)35-16-8-5-9-17-35/h5-13,15-21,23,25,28-31,43H,14,22,24,26-27,32-33H2,1-4H3/t43-/m1/s1. The summed E-state index contributed by atoms with van der Waals surface area (Å²) in [6, 6.07) is 41.0. The van der Waals surface area contributed by atoms with E-state index in [4.69, 9.17) is 36.3 Å². The average Bonchev–Trinajstić information content (AvgIpc) is 3.60. The van der Waals surface area contributed by atoms with Gasteiger partial charge in [0.1, 0.15) is 12.4 Å². The van der Waals surface area contributed by atoms with Crippen LogP contribution in [-0.2, 0) is 24.4 Å². The molecule has 0 spiro atoms. The van der Waals surface area contributed by atoms with Crippen LogP contribution in [0, 0.1) is 6.92 Å². The van der Waals surface area contributed by atoms with E-state index in [1.54, 1.807) is 6.20 Å². The third kappa shape index (κ3) is 9.13. The van der Waals surface area contributed by atoms with Gasteiger partial charge in [0, 0.05) is 43.8 Å². The first-order valence-electron chi connectivity index (χ1n) is 20.4. The molecule has 1 amide bonds. The molecule has 59 heavy (non-hydrogen) atoms. The van der Waals surface area contributed by atoms with Crippen LogP contribution >= 0.6 is 11.6 Å². The summed E-state index contributed by atoms with van der Waals surface area (Å²) in [6.45, 7) is 10.1. The fourth-order valence-electron chi connectivity index (χ4n) is 7.74. The summed E-state index contributed by atoms with van der Waals surface area (Å²) in [5, 5.41) is 0.582. The molecule has 1 atom stereocenters. The molecule has 3 aromatic carbocycles. The molecule has 0 radical (unpaired) electrons. The van der Waals surface area contributed by atoms with Gasteiger partial charge >= 0.3 is 0 Å². The van der Waals surface area contributed by atoms with Gasteiger partial charge in [-0.3, -0.25) is 14.8 Å². The predicted octanol–water partition coefficient (Wildman–Crippen LogP) is 11.7. The number of benzene rings is 3. The topological polar surface area (TPSA) is 85.5 Å². The zero-order chi connectivity index (χ0) is 40.9. The molecule has 0 unspecified atom stereocenters. The van der Waals surface area contributed by atoms with Crippen molar-refractivity contribution in [3.05, 3.63) is 178 Å². The van der Waals surface area contributed by atoms with Crippen molar-refractivity contribution in [3.63, 3.8) is 0 Å². The van der Waals surface area contributed by atoms with Gasteiger partial charge in [-0.2, -0.15) is 0 Å². The van der Waals surface area contributed by atoms with Gasteiger partial charge < -0.3 is 14.2 Å². The number of halogens is 1. The number of hydrogen-bond donors (Lipinski definition) is 0. The maximum atomic E-state index is 15.4. The molecule has 0 saturated heterocycles. The number of aliphatic imine (C=N–C) groups is 1. The molecule has 8 rings (SSSR count). The Hall–Kier alpha value is -5.74. The number of pyridine rings is 3. The van der Waals surface area contributed by atoms with Crippen LogP contribution in [0.3, 0.4) is 0 Å². The average molecular weight is 818 g/mol. The van der Waals surface area contributed by atoms with Gasteiger partial charge in [0.15, 0.2) is 5.82 Å². The van der Waals surface area contributed by atoms with Crippen LogP contribution in [0.2, 0.25) is 30.7 Å². The molecule has 1 aliphatic rings. The number of aryl methyl sites for hydroxylation is 2. The first-order chi connectivity index (χ1) is 28.6. The Labute approximate surface area is 352 Å². The summed E-state index contributed by atoms with van der Waals surface area (Å²) in [4.78, 5) is 37.5. The third-order valence-electron chi connectivity index (χ3n) is 10.9. The monoisotopic (exact) mass is 816 g/mol. The molecule has 0 bridgehead atoms. The van der Waals surface area contributed by atoms with Crippen molar-refractivity contribution < 1.29 is 9.53 Å². The van der Waals surface area contributed by atoms with Gasteiger partial charge in [-0.15, -0.1) is 0 Å². The first kappa shape index (κ1) is 40.1. The van der Waals surface area contributed by atoms with Crippen molar-refractivity contribution in [2.75, 3.05) is 6.61 Å². The summed E-state index contributed by atoms with van der Waals surface area (Å²) in [6.07, 6.45) is 6.25. The van der Waals surface area contributed by atoms with Crippen molar-refractivity contribution in [1.29, 1.82) is 0 Å². The summed E-state index contributed by atoms with van der Waals surface area (Å²) in [5.41, 5.74) is 10.3. The minimum atomic E-state index is -1.37. The number of nitrogens with zero attached hydrogens (tertiary/aromatic N) is 6. The second-order valence-electron chi connectivity index (χ2n) is 16.4. The number of hydrogen-bond acceptors (Lipinski definition) is 6. The molecule has 7 aromatic rings. The number of carbonyl (C=O) groups excluding carboxylic acids is 1. The molecule has 0 saturated carbocycles. The van der Waals surface area contributed by atoms with E-state index in [-0.39, 0.29) is 25.2 Å². The second kappa shape index (κ2) is 17.6. The van der Waals surface area contributed by atoms with Crippen molar-refractivity contribution in [2.24, 2.45) is 4.99 Å². The Kier molecular flexibility index (Phi) is 12.0. The van der Waals surface area contributed by atoms with Crippen molar-refractivity contribution in [3.8, 4) is 11.1 Å². The number of aromatic nitrogens is 4. The predicted molar refractivity (Wildman–Crippen MR) is 241 cm³/mol. The Morgan fingerprint density at radius 3 is 2.27 bits per heavy atom. The third-order valence-corrected chi connectivity index (χ3v) is 12.9. The lowest BCUT2D eigenvalue weighted by atomic mass is 9.90. The van der Waals surface area contributed by atoms with E-state index >= 15 is 4.79 Å². The number of ether oxygens (including phenoxy) is 1. The van der Waals surface area contributed by atoms with Gasteiger partial charge in [-0.05, 0) is 73.2 Å². The lowest BCUT2D eigenvalue weighted by Crippen LogP contribution is -2.38. The summed E-state index contributed by atoms with van der Waals surface area (Å²) in [7, 11) is -1.37. The molecule has 8 nitrogen and oxygen atoms in total. The second-order valence-corrected chi connectivity index (χ2v) is 22.5. The maximum absolute atomic E-state index is 15.4. The molecule has 0 aliphatic heterocycles. The van der Waals surface area contributed by atoms with E-state index in [1.807, 2.05) is 108 Å². The van der Waals surface area contributed by atoms with Crippen molar-refractivity contribution >= 4 is 48.1 Å². The lowest BCUT2D eigenvalue weighted by molar-refractivity contribution is 0.0575. The molecule has 10 heteroatoms. The van der Waals surface area contributed by atoms with E-state index in [0.29, 0.717) is 34.4 Å². The lowest BCUT2D eigenvalue weighted by Gasteiger charge is -2.35. The Balaban J connectivity index is 1.23. The van der Waals surface area contributed by atoms with Crippen molar-refractivity contribution in [2.45, 2.75) is 71.2 Å². The number of amides is 1. The van der Waals surface area contributed by atoms with Crippen LogP contribution < -0.4 is 0 Å². The van der Waals surface area contributed by atoms with E-state index in [1.165, 1.54) is 0 Å². The summed E-state index contributed by atoms with van der Waals surface area (Å²) < 4.78 is 8.39. The molecular weight excluding hydrogens is 768 g/mol. The van der Waals surface area contributed by atoms with Crippen LogP contribution in [-0.4, -0.2) is 50.7 Å². The molecule has 298 valence electrons. The highest BCUT2D eigenvalue weighted by atomic mass is 35.5. The van der Waals surface area contributed by atoms with E-state index in [2.05, 4.69) is 56.0 Å². The van der Waals surface area contributed by atoms with E-state index in [9.17, 15) is 0 Å². The highest BCUT2D eigenvalue weighted by Gasteiger charge is 2.34. The normalized spacial score (nSPS) is 13.9. The number of rotatable bonds is 13. The quantitative estimate of drug-likeness (QED) is 0.0657. The Morgan fingerprint density at radius 2 is 1.59 bits per heavy atom. The number of fused-ring (bicyclic) bond motifs is 2. The zero-order valence-corrected chi connectivity index (χ0v) is 35.9. The van der Waals surface area contributed by atoms with E-state index in [0.717, 1.165) is 75.6 Å². The minimum Gasteiger partial charge on any atom is -0.361 e. The summed E-state index contributed by atoms with van der Waals surface area (Å²) >= 11 is 6.94. The molecule has 1 aliphatic carbocycles. The van der Waals surface area contributed by atoms with Crippen LogP contribution in [0.4, 0.5) is 5.82 Å². The SMILES string of the molecule is Cc1cc2c(cc(C(=O)N(Cc3cc(Cl)c(-c4ccccc4)cn3)[C@@H]3CCCc4cccnc43)n2COCC[Si](C)(C)C)nc1N=C(c1ccccc1)c1ccccc1. The van der Waals surface area contributed by atoms with Gasteiger partial charge in [0.2, 0.25) is 0 Å². The van der Waals surface area contributed by atoms with Gasteiger partial charge in [0.25, 0.3) is 5.91 Å².